The third-order valence-corrected chi connectivity index (χ3v) is 3.65. The van der Waals surface area contributed by atoms with Crippen LogP contribution in [0.3, 0.4) is 0 Å². The molecule has 1 fully saturated rings. The van der Waals surface area contributed by atoms with Crippen molar-refractivity contribution in [2.45, 2.75) is 25.7 Å². The number of nitrogens with one attached hydrogen (secondary N) is 1. The van der Waals surface area contributed by atoms with Gasteiger partial charge in [0.25, 0.3) is 0 Å². The molecule has 4 nitrogen and oxygen atoms in total. The fourth-order valence-corrected chi connectivity index (χ4v) is 2.60. The normalized spacial score (nSPS) is 18.6. The monoisotopic (exact) mass is 509 g/mol. The number of nitriles is 1. The van der Waals surface area contributed by atoms with E-state index in [4.69, 9.17) is 15.7 Å². The second-order valence-corrected chi connectivity index (χ2v) is 5.14. The van der Waals surface area contributed by atoms with Crippen molar-refractivity contribution in [3.63, 3.8) is 0 Å². The summed E-state index contributed by atoms with van der Waals surface area (Å²) in [5.41, 5.74) is 8.07. The molecule has 1 aromatic carbocycles. The van der Waals surface area contributed by atoms with Gasteiger partial charge in [0, 0.05) is 6.54 Å². The van der Waals surface area contributed by atoms with E-state index in [-0.39, 0.29) is 31.1 Å². The molecule has 110 valence electrons. The first-order valence-corrected chi connectivity index (χ1v) is 7.03. The van der Waals surface area contributed by atoms with E-state index in [2.05, 4.69) is 18.3 Å². The minimum atomic E-state index is 0. The molecular formula is C16H21N3OU. The Morgan fingerprint density at radius 3 is 3.05 bits per heavy atom. The Kier molecular flexibility index (Phi) is 8.19. The minimum absolute atomic E-state index is 0. The number of anilines is 2. The number of hydrogen-bond acceptors (Lipinski definition) is 4. The number of ether oxygens (including phenoxy) is 1. The van der Waals surface area contributed by atoms with Crippen molar-refractivity contribution in [1.82, 2.24) is 0 Å². The zero-order chi connectivity index (χ0) is 14.4. The molecule has 0 bridgehead atoms. The Labute approximate surface area is 150 Å². The molecule has 0 aliphatic heterocycles. The van der Waals surface area contributed by atoms with Crippen LogP contribution in [-0.2, 0) is 4.74 Å². The summed E-state index contributed by atoms with van der Waals surface area (Å²) >= 11 is 0. The summed E-state index contributed by atoms with van der Waals surface area (Å²) in [6, 6.07) is 7.43. The van der Waals surface area contributed by atoms with E-state index in [1.807, 2.05) is 0 Å². The van der Waals surface area contributed by atoms with Gasteiger partial charge in [0.05, 0.1) is 23.0 Å². The molecule has 1 aliphatic rings. The van der Waals surface area contributed by atoms with Crippen molar-refractivity contribution >= 4 is 11.4 Å². The van der Waals surface area contributed by atoms with Gasteiger partial charge >= 0.3 is 31.1 Å². The van der Waals surface area contributed by atoms with Crippen molar-refractivity contribution in [3.05, 3.63) is 36.8 Å². The Morgan fingerprint density at radius 2 is 2.33 bits per heavy atom. The standard InChI is InChI=1S/C16H21N3O.U/c1-2-20-14-5-3-4-13(8-14)11-19-16-9-12(10-17)6-7-15(16)18;/h6-7,9,13,19H,1-5,8,11,18H2;/q-2;+2/t13-;/m0./s1. The largest absolute Gasteiger partial charge is 2.00 e. The average Bonchev–Trinajstić information content (AvgIpc) is 2.47. The molecule has 21 heavy (non-hydrogen) atoms. The van der Waals surface area contributed by atoms with Crippen molar-refractivity contribution in [1.29, 1.82) is 5.26 Å². The van der Waals surface area contributed by atoms with Crippen LogP contribution < -0.4 is 11.1 Å². The molecule has 0 radical (unpaired) electrons. The van der Waals surface area contributed by atoms with Crippen LogP contribution in [0.5, 0.6) is 0 Å². The van der Waals surface area contributed by atoms with Gasteiger partial charge in [-0.15, -0.1) is 13.0 Å². The summed E-state index contributed by atoms with van der Waals surface area (Å²) < 4.78 is 5.54. The van der Waals surface area contributed by atoms with Gasteiger partial charge in [-0.1, -0.05) is 12.8 Å². The second-order valence-electron chi connectivity index (χ2n) is 5.14. The van der Waals surface area contributed by atoms with E-state index >= 15 is 0 Å². The second kappa shape index (κ2) is 9.36. The van der Waals surface area contributed by atoms with Crippen molar-refractivity contribution in [3.8, 4) is 6.07 Å². The van der Waals surface area contributed by atoms with Crippen LogP contribution in [-0.4, -0.2) is 13.2 Å². The van der Waals surface area contributed by atoms with Crippen LogP contribution in [0.2, 0.25) is 0 Å². The molecule has 1 saturated carbocycles. The van der Waals surface area contributed by atoms with Gasteiger partial charge in [-0.3, -0.25) is 0 Å². The van der Waals surface area contributed by atoms with E-state index in [0.717, 1.165) is 37.6 Å². The first-order chi connectivity index (χ1) is 9.72. The Hall–Kier alpha value is -0.678. The number of nitrogens with zero attached hydrogens (tertiary/aromatic N) is 1. The predicted molar refractivity (Wildman–Crippen MR) is 80.6 cm³/mol. The molecule has 1 aliphatic carbocycles. The number of nitrogens with two attached hydrogens (primary N) is 1. The molecule has 0 aromatic heterocycles. The molecule has 3 N–H and O–H groups in total. The fourth-order valence-electron chi connectivity index (χ4n) is 2.60. The van der Waals surface area contributed by atoms with Gasteiger partial charge in [0.2, 0.25) is 0 Å². The maximum atomic E-state index is 8.92. The zero-order valence-electron chi connectivity index (χ0n) is 12.2. The molecule has 2 rings (SSSR count). The Balaban J connectivity index is 0.00000220. The summed E-state index contributed by atoms with van der Waals surface area (Å²) in [7, 11) is 0. The molecule has 0 amide bonds. The quantitative estimate of drug-likeness (QED) is 0.473. The average molecular weight is 509 g/mol. The molecular weight excluding hydrogens is 488 g/mol. The molecule has 5 heteroatoms. The molecule has 0 heterocycles. The van der Waals surface area contributed by atoms with E-state index in [9.17, 15) is 0 Å². The molecule has 0 spiro atoms. The van der Waals surface area contributed by atoms with Gasteiger partial charge in [-0.2, -0.15) is 17.8 Å². The fraction of sp³-hybridized carbons (Fsp3) is 0.438. The van der Waals surface area contributed by atoms with Gasteiger partial charge in [0.1, 0.15) is 0 Å². The third-order valence-electron chi connectivity index (χ3n) is 3.65. The number of rotatable bonds is 5. The van der Waals surface area contributed by atoms with Crippen molar-refractivity contribution in [2.75, 3.05) is 24.2 Å². The number of benzene rings is 1. The SMILES string of the molecule is [CH2-]CO[C-]1CCC[C@H](CNc2cc(C#N)ccc2N)C1.[U+2]. The Morgan fingerprint density at radius 1 is 1.52 bits per heavy atom. The topological polar surface area (TPSA) is 71.1 Å². The van der Waals surface area contributed by atoms with Gasteiger partial charge in [0.15, 0.2) is 0 Å². The minimum Gasteiger partial charge on any atom is -0.575 e. The van der Waals surface area contributed by atoms with Crippen LogP contribution >= 0.6 is 0 Å². The first-order valence-electron chi connectivity index (χ1n) is 7.03. The summed E-state index contributed by atoms with van der Waals surface area (Å²) in [5, 5.41) is 12.3. The van der Waals surface area contributed by atoms with Gasteiger partial charge in [-0.25, -0.2) is 0 Å². The van der Waals surface area contributed by atoms with Crippen LogP contribution in [0.25, 0.3) is 0 Å². The van der Waals surface area contributed by atoms with Crippen LogP contribution in [0, 0.1) is 61.4 Å². The van der Waals surface area contributed by atoms with Crippen molar-refractivity contribution < 1.29 is 35.9 Å². The third kappa shape index (κ3) is 5.55. The van der Waals surface area contributed by atoms with Crippen LogP contribution in [0.1, 0.15) is 31.2 Å². The molecule has 0 unspecified atom stereocenters. The Bertz CT molecular complexity index is 485. The van der Waals surface area contributed by atoms with Gasteiger partial charge < -0.3 is 22.7 Å². The number of nitrogen functional groups attached to an aromatic ring is 1. The molecule has 1 atom stereocenters. The van der Waals surface area contributed by atoms with E-state index in [1.165, 1.54) is 6.42 Å². The summed E-state index contributed by atoms with van der Waals surface area (Å²) in [6.45, 7) is 5.08. The van der Waals surface area contributed by atoms with E-state index in [1.54, 1.807) is 18.2 Å². The molecule has 0 saturated heterocycles. The number of hydrogen-bond donors (Lipinski definition) is 2. The van der Waals surface area contributed by atoms with E-state index < -0.39 is 0 Å². The zero-order valence-corrected chi connectivity index (χ0v) is 16.4. The first kappa shape index (κ1) is 18.4. The van der Waals surface area contributed by atoms with Crippen LogP contribution in [0.4, 0.5) is 11.4 Å². The maximum absolute atomic E-state index is 8.92. The van der Waals surface area contributed by atoms with Crippen molar-refractivity contribution in [2.24, 2.45) is 5.92 Å². The van der Waals surface area contributed by atoms with Gasteiger partial charge in [-0.05, 0) is 24.1 Å². The smallest absolute Gasteiger partial charge is 0.575 e. The summed E-state index contributed by atoms with van der Waals surface area (Å²) in [5.74, 6) is 0.551. The summed E-state index contributed by atoms with van der Waals surface area (Å²) in [4.78, 5) is 0. The molecule has 1 aromatic rings. The predicted octanol–water partition coefficient (Wildman–Crippen LogP) is 3.13. The van der Waals surface area contributed by atoms with Crippen LogP contribution in [0.15, 0.2) is 18.2 Å². The maximum Gasteiger partial charge on any atom is 2.00 e. The summed E-state index contributed by atoms with van der Waals surface area (Å²) in [6.07, 6.45) is 5.56. The van der Waals surface area contributed by atoms with E-state index in [0.29, 0.717) is 23.8 Å².